The van der Waals surface area contributed by atoms with Crippen LogP contribution in [-0.2, 0) is 6.42 Å². The summed E-state index contributed by atoms with van der Waals surface area (Å²) in [6, 6.07) is 7.05. The normalized spacial score (nSPS) is 20.7. The van der Waals surface area contributed by atoms with Gasteiger partial charge in [-0.15, -0.1) is 0 Å². The topological polar surface area (TPSA) is 101 Å². The van der Waals surface area contributed by atoms with E-state index in [2.05, 4.69) is 6.58 Å². The van der Waals surface area contributed by atoms with Gasteiger partial charge in [-0.25, -0.2) is 0 Å². The second-order valence-electron chi connectivity index (χ2n) is 5.51. The number of hydrogen-bond donors (Lipinski definition) is 5. The van der Waals surface area contributed by atoms with Crippen LogP contribution < -0.4 is 0 Å². The van der Waals surface area contributed by atoms with Gasteiger partial charge in [0.15, 0.2) is 11.5 Å². The molecule has 0 amide bonds. The molecule has 0 aromatic heterocycles. The number of hydrogen-bond acceptors (Lipinski definition) is 5. The lowest BCUT2D eigenvalue weighted by Gasteiger charge is -2.32. The minimum Gasteiger partial charge on any atom is -0.508 e. The molecule has 114 valence electrons. The molecule has 0 aliphatic heterocycles. The van der Waals surface area contributed by atoms with Crippen LogP contribution in [-0.4, -0.2) is 31.6 Å². The van der Waals surface area contributed by atoms with Gasteiger partial charge < -0.3 is 25.5 Å². The van der Waals surface area contributed by atoms with E-state index < -0.39 is 12.0 Å². The first-order valence-electron chi connectivity index (χ1n) is 6.82. The lowest BCUT2D eigenvalue weighted by Crippen LogP contribution is -2.27. The Morgan fingerprint density at radius 1 is 0.909 bits per heavy atom. The second kappa shape index (κ2) is 4.96. The Kier molecular flexibility index (Phi) is 3.22. The average molecular weight is 300 g/mol. The number of fused-ring (bicyclic) bond motifs is 1. The maximum atomic E-state index is 10.4. The molecule has 0 spiro atoms. The maximum Gasteiger partial charge on any atom is 0.157 e. The summed E-state index contributed by atoms with van der Waals surface area (Å²) in [7, 11) is 0. The van der Waals surface area contributed by atoms with Crippen LogP contribution in [0.4, 0.5) is 0 Å². The molecule has 0 radical (unpaired) electrons. The highest BCUT2D eigenvalue weighted by Gasteiger charge is 2.33. The number of aliphatic hydroxyl groups excluding tert-OH is 1. The van der Waals surface area contributed by atoms with Gasteiger partial charge in [0.05, 0.1) is 6.10 Å². The first-order valence-corrected chi connectivity index (χ1v) is 6.82. The number of aromatic hydroxyl groups is 4. The zero-order chi connectivity index (χ0) is 16.0. The number of phenols is 4. The summed E-state index contributed by atoms with van der Waals surface area (Å²) in [6.45, 7) is 3.97. The summed E-state index contributed by atoms with van der Waals surface area (Å²) in [4.78, 5) is 0. The van der Waals surface area contributed by atoms with Crippen LogP contribution in [0.5, 0.6) is 23.0 Å². The monoisotopic (exact) mass is 300 g/mol. The molecule has 2 aromatic rings. The lowest BCUT2D eigenvalue weighted by molar-refractivity contribution is 0.157. The molecule has 0 fully saturated rings. The highest BCUT2D eigenvalue weighted by Crippen LogP contribution is 2.46. The molecule has 0 saturated heterocycles. The van der Waals surface area contributed by atoms with Crippen LogP contribution in [0.2, 0.25) is 0 Å². The van der Waals surface area contributed by atoms with Gasteiger partial charge >= 0.3 is 0 Å². The Bertz CT molecular complexity index is 766. The van der Waals surface area contributed by atoms with Crippen molar-refractivity contribution in [1.82, 2.24) is 0 Å². The average Bonchev–Trinajstić information content (AvgIpc) is 2.44. The van der Waals surface area contributed by atoms with Crippen molar-refractivity contribution in [2.45, 2.75) is 18.4 Å². The van der Waals surface area contributed by atoms with Crippen molar-refractivity contribution in [3.8, 4) is 23.0 Å². The lowest BCUT2D eigenvalue weighted by atomic mass is 9.74. The highest BCUT2D eigenvalue weighted by molar-refractivity contribution is 5.77. The zero-order valence-electron chi connectivity index (χ0n) is 11.7. The predicted octanol–water partition coefficient (Wildman–Crippen LogP) is 2.22. The molecule has 0 heterocycles. The minimum absolute atomic E-state index is 0.0813. The third-order valence-electron chi connectivity index (χ3n) is 4.09. The first-order chi connectivity index (χ1) is 10.4. The third-order valence-corrected chi connectivity index (χ3v) is 4.09. The van der Waals surface area contributed by atoms with Crippen molar-refractivity contribution >= 4 is 5.57 Å². The maximum absolute atomic E-state index is 10.4. The third kappa shape index (κ3) is 2.16. The summed E-state index contributed by atoms with van der Waals surface area (Å²) < 4.78 is 0. The quantitative estimate of drug-likeness (QED) is 0.520. The molecular formula is C17H16O5. The number of benzene rings is 2. The van der Waals surface area contributed by atoms with Crippen molar-refractivity contribution in [2.75, 3.05) is 0 Å². The van der Waals surface area contributed by atoms with Gasteiger partial charge in [0, 0.05) is 24.0 Å². The van der Waals surface area contributed by atoms with Crippen LogP contribution in [0.1, 0.15) is 22.6 Å². The van der Waals surface area contributed by atoms with E-state index in [0.29, 0.717) is 22.3 Å². The van der Waals surface area contributed by atoms with Gasteiger partial charge in [-0.05, 0) is 34.9 Å². The molecule has 5 heteroatoms. The standard InChI is InChI=1S/C17H16O5/c1-8-11-5-10(18)6-14(20)12(11)7-16(22)17(8)9-2-3-13(19)15(21)4-9/h2-6,16-22H,1,7H2. The second-order valence-corrected chi connectivity index (χ2v) is 5.51. The van der Waals surface area contributed by atoms with E-state index in [-0.39, 0.29) is 29.4 Å². The highest BCUT2D eigenvalue weighted by atomic mass is 16.3. The van der Waals surface area contributed by atoms with Crippen molar-refractivity contribution < 1.29 is 25.5 Å². The smallest absolute Gasteiger partial charge is 0.157 e. The molecule has 1 aliphatic rings. The van der Waals surface area contributed by atoms with Gasteiger partial charge in [0.2, 0.25) is 0 Å². The Balaban J connectivity index is 2.10. The Morgan fingerprint density at radius 3 is 2.32 bits per heavy atom. The molecule has 2 aromatic carbocycles. The van der Waals surface area contributed by atoms with Crippen molar-refractivity contribution in [2.24, 2.45) is 0 Å². The fraction of sp³-hybridized carbons (Fsp3) is 0.176. The molecule has 3 rings (SSSR count). The van der Waals surface area contributed by atoms with Crippen LogP contribution >= 0.6 is 0 Å². The van der Waals surface area contributed by atoms with E-state index in [1.54, 1.807) is 6.07 Å². The van der Waals surface area contributed by atoms with E-state index in [0.717, 1.165) is 0 Å². The summed E-state index contributed by atoms with van der Waals surface area (Å²) in [5.41, 5.74) is 2.25. The van der Waals surface area contributed by atoms with Crippen LogP contribution in [0.25, 0.3) is 5.57 Å². The molecule has 5 nitrogen and oxygen atoms in total. The summed E-state index contributed by atoms with van der Waals surface area (Å²) in [5, 5.41) is 49.0. The first kappa shape index (κ1) is 14.3. The summed E-state index contributed by atoms with van der Waals surface area (Å²) in [5.74, 6) is -1.18. The number of aliphatic hydroxyl groups is 1. The van der Waals surface area contributed by atoms with Crippen LogP contribution in [0.15, 0.2) is 36.9 Å². The van der Waals surface area contributed by atoms with E-state index >= 15 is 0 Å². The summed E-state index contributed by atoms with van der Waals surface area (Å²) >= 11 is 0. The van der Waals surface area contributed by atoms with Crippen LogP contribution in [0, 0.1) is 0 Å². The van der Waals surface area contributed by atoms with Gasteiger partial charge in [-0.1, -0.05) is 12.6 Å². The molecule has 22 heavy (non-hydrogen) atoms. The number of phenolic OH excluding ortho intramolecular Hbond substituents is 4. The molecule has 5 N–H and O–H groups in total. The Morgan fingerprint density at radius 2 is 1.64 bits per heavy atom. The fourth-order valence-corrected chi connectivity index (χ4v) is 3.03. The van der Waals surface area contributed by atoms with Crippen molar-refractivity contribution in [3.63, 3.8) is 0 Å². The molecule has 2 unspecified atom stereocenters. The Hall–Kier alpha value is -2.66. The summed E-state index contributed by atoms with van der Waals surface area (Å²) in [6.07, 6.45) is -0.633. The van der Waals surface area contributed by atoms with E-state index in [4.69, 9.17) is 0 Å². The van der Waals surface area contributed by atoms with Crippen LogP contribution in [0.3, 0.4) is 0 Å². The number of rotatable bonds is 1. The van der Waals surface area contributed by atoms with E-state index in [9.17, 15) is 25.5 Å². The molecular weight excluding hydrogens is 284 g/mol. The predicted molar refractivity (Wildman–Crippen MR) is 81.0 cm³/mol. The molecule has 0 bridgehead atoms. The molecule has 2 atom stereocenters. The fourth-order valence-electron chi connectivity index (χ4n) is 3.03. The zero-order valence-corrected chi connectivity index (χ0v) is 11.7. The van der Waals surface area contributed by atoms with Crippen molar-refractivity contribution in [3.05, 3.63) is 53.6 Å². The largest absolute Gasteiger partial charge is 0.508 e. The van der Waals surface area contributed by atoms with Gasteiger partial charge in [-0.3, -0.25) is 0 Å². The van der Waals surface area contributed by atoms with Gasteiger partial charge in [-0.2, -0.15) is 0 Å². The molecule has 0 saturated carbocycles. The SMILES string of the molecule is C=C1c2cc(O)cc(O)c2CC(O)C1c1ccc(O)c(O)c1. The minimum atomic E-state index is -0.834. The Labute approximate surface area is 127 Å². The van der Waals surface area contributed by atoms with Crippen molar-refractivity contribution in [1.29, 1.82) is 0 Å². The van der Waals surface area contributed by atoms with E-state index in [1.165, 1.54) is 24.3 Å². The van der Waals surface area contributed by atoms with Gasteiger partial charge in [0.1, 0.15) is 11.5 Å². The van der Waals surface area contributed by atoms with Gasteiger partial charge in [0.25, 0.3) is 0 Å². The van der Waals surface area contributed by atoms with E-state index in [1.807, 2.05) is 0 Å². The molecule has 1 aliphatic carbocycles.